The van der Waals surface area contributed by atoms with Crippen LogP contribution < -0.4 is 5.73 Å². The first kappa shape index (κ1) is 10.7. The lowest BCUT2D eigenvalue weighted by atomic mass is 10.1. The van der Waals surface area contributed by atoms with E-state index in [-0.39, 0.29) is 6.04 Å². The molecule has 2 heteroatoms. The van der Waals surface area contributed by atoms with Gasteiger partial charge in [0, 0.05) is 6.61 Å². The van der Waals surface area contributed by atoms with Crippen molar-refractivity contribution in [3.63, 3.8) is 0 Å². The van der Waals surface area contributed by atoms with Crippen LogP contribution in [0.1, 0.15) is 30.0 Å². The van der Waals surface area contributed by atoms with Gasteiger partial charge in [-0.3, -0.25) is 0 Å². The van der Waals surface area contributed by atoms with Crippen molar-refractivity contribution in [2.24, 2.45) is 11.7 Å². The molecule has 1 unspecified atom stereocenters. The van der Waals surface area contributed by atoms with Gasteiger partial charge in [-0.1, -0.05) is 29.8 Å². The number of nitrogens with two attached hydrogens (primary N) is 1. The highest BCUT2D eigenvalue weighted by Gasteiger charge is 2.21. The van der Waals surface area contributed by atoms with E-state index in [0.29, 0.717) is 6.61 Å². The molecule has 1 saturated carbocycles. The summed E-state index contributed by atoms with van der Waals surface area (Å²) in [4.78, 5) is 0. The van der Waals surface area contributed by atoms with E-state index in [2.05, 4.69) is 25.1 Å². The van der Waals surface area contributed by atoms with E-state index < -0.39 is 0 Å². The summed E-state index contributed by atoms with van der Waals surface area (Å²) in [7, 11) is 0. The second-order valence-electron chi connectivity index (χ2n) is 4.50. The van der Waals surface area contributed by atoms with Crippen LogP contribution in [0.4, 0.5) is 0 Å². The van der Waals surface area contributed by atoms with Crippen LogP contribution in [0.25, 0.3) is 0 Å². The SMILES string of the molecule is Cc1cccc(C(N)COCC2CC2)c1. The van der Waals surface area contributed by atoms with Gasteiger partial charge in [0.25, 0.3) is 0 Å². The van der Waals surface area contributed by atoms with Gasteiger partial charge in [-0.2, -0.15) is 0 Å². The van der Waals surface area contributed by atoms with Crippen LogP contribution in [0, 0.1) is 12.8 Å². The Bertz CT molecular complexity index is 320. The molecular formula is C13H19NO. The summed E-state index contributed by atoms with van der Waals surface area (Å²) in [5.74, 6) is 0.815. The maximum absolute atomic E-state index is 6.05. The zero-order valence-corrected chi connectivity index (χ0v) is 9.28. The molecule has 1 aromatic rings. The molecule has 2 rings (SSSR count). The maximum atomic E-state index is 6.05. The number of aryl methyl sites for hydroxylation is 1. The number of benzene rings is 1. The molecular weight excluding hydrogens is 186 g/mol. The van der Waals surface area contributed by atoms with Crippen molar-refractivity contribution in [2.45, 2.75) is 25.8 Å². The lowest BCUT2D eigenvalue weighted by Gasteiger charge is -2.12. The molecule has 1 fully saturated rings. The third kappa shape index (κ3) is 3.33. The van der Waals surface area contributed by atoms with E-state index in [1.54, 1.807) is 0 Å². The summed E-state index contributed by atoms with van der Waals surface area (Å²) >= 11 is 0. The van der Waals surface area contributed by atoms with Crippen molar-refractivity contribution < 1.29 is 4.74 Å². The second-order valence-corrected chi connectivity index (χ2v) is 4.50. The zero-order valence-electron chi connectivity index (χ0n) is 9.28. The molecule has 15 heavy (non-hydrogen) atoms. The van der Waals surface area contributed by atoms with E-state index in [0.717, 1.165) is 12.5 Å². The third-order valence-corrected chi connectivity index (χ3v) is 2.82. The van der Waals surface area contributed by atoms with Gasteiger partial charge in [-0.15, -0.1) is 0 Å². The van der Waals surface area contributed by atoms with E-state index in [4.69, 9.17) is 10.5 Å². The van der Waals surface area contributed by atoms with Gasteiger partial charge in [-0.05, 0) is 31.2 Å². The number of rotatable bonds is 5. The van der Waals surface area contributed by atoms with Gasteiger partial charge in [0.15, 0.2) is 0 Å². The Balaban J connectivity index is 1.80. The van der Waals surface area contributed by atoms with E-state index in [1.165, 1.54) is 24.0 Å². The van der Waals surface area contributed by atoms with Gasteiger partial charge in [0.1, 0.15) is 0 Å². The molecule has 1 atom stereocenters. The van der Waals surface area contributed by atoms with Crippen molar-refractivity contribution in [1.29, 1.82) is 0 Å². The highest BCUT2D eigenvalue weighted by Crippen LogP contribution is 2.29. The topological polar surface area (TPSA) is 35.2 Å². The molecule has 0 spiro atoms. The Morgan fingerprint density at radius 1 is 1.47 bits per heavy atom. The Morgan fingerprint density at radius 3 is 2.93 bits per heavy atom. The monoisotopic (exact) mass is 205 g/mol. The Labute approximate surface area is 91.4 Å². The lowest BCUT2D eigenvalue weighted by Crippen LogP contribution is -2.17. The smallest absolute Gasteiger partial charge is 0.0659 e. The molecule has 0 saturated heterocycles. The molecule has 0 heterocycles. The second kappa shape index (κ2) is 4.77. The van der Waals surface area contributed by atoms with Crippen LogP contribution in [0.15, 0.2) is 24.3 Å². The first-order valence-electron chi connectivity index (χ1n) is 5.65. The first-order valence-corrected chi connectivity index (χ1v) is 5.65. The van der Waals surface area contributed by atoms with Crippen LogP contribution >= 0.6 is 0 Å². The van der Waals surface area contributed by atoms with Crippen LogP contribution in [-0.4, -0.2) is 13.2 Å². The van der Waals surface area contributed by atoms with Crippen molar-refractivity contribution in [3.8, 4) is 0 Å². The molecule has 0 aliphatic heterocycles. The van der Waals surface area contributed by atoms with Gasteiger partial charge in [0.2, 0.25) is 0 Å². The summed E-state index contributed by atoms with van der Waals surface area (Å²) in [6.45, 7) is 3.61. The fourth-order valence-electron chi connectivity index (χ4n) is 1.64. The Kier molecular flexibility index (Phi) is 3.39. The van der Waals surface area contributed by atoms with Crippen molar-refractivity contribution in [1.82, 2.24) is 0 Å². The molecule has 1 aliphatic rings. The van der Waals surface area contributed by atoms with Gasteiger partial charge >= 0.3 is 0 Å². The predicted octanol–water partition coefficient (Wildman–Crippen LogP) is 2.42. The quantitative estimate of drug-likeness (QED) is 0.801. The standard InChI is InChI=1S/C13H19NO/c1-10-3-2-4-12(7-10)13(14)9-15-8-11-5-6-11/h2-4,7,11,13H,5-6,8-9,14H2,1H3. The molecule has 82 valence electrons. The fourth-order valence-corrected chi connectivity index (χ4v) is 1.64. The molecule has 2 nitrogen and oxygen atoms in total. The van der Waals surface area contributed by atoms with E-state index in [9.17, 15) is 0 Å². The summed E-state index contributed by atoms with van der Waals surface area (Å²) in [5, 5.41) is 0. The molecule has 2 N–H and O–H groups in total. The molecule has 1 aromatic carbocycles. The summed E-state index contributed by atoms with van der Waals surface area (Å²) in [5.41, 5.74) is 8.47. The summed E-state index contributed by atoms with van der Waals surface area (Å²) < 4.78 is 5.59. The van der Waals surface area contributed by atoms with Crippen LogP contribution in [0.3, 0.4) is 0 Å². The highest BCUT2D eigenvalue weighted by atomic mass is 16.5. The molecule has 0 bridgehead atoms. The minimum absolute atomic E-state index is 0.0173. The minimum Gasteiger partial charge on any atom is -0.379 e. The summed E-state index contributed by atoms with van der Waals surface area (Å²) in [6.07, 6.45) is 2.67. The van der Waals surface area contributed by atoms with Gasteiger partial charge in [0.05, 0.1) is 12.6 Å². The Hall–Kier alpha value is -0.860. The van der Waals surface area contributed by atoms with Crippen LogP contribution in [-0.2, 0) is 4.74 Å². The van der Waals surface area contributed by atoms with E-state index >= 15 is 0 Å². The maximum Gasteiger partial charge on any atom is 0.0659 e. The normalized spacial score (nSPS) is 17.7. The largest absolute Gasteiger partial charge is 0.379 e. The van der Waals surface area contributed by atoms with Crippen LogP contribution in [0.5, 0.6) is 0 Å². The van der Waals surface area contributed by atoms with Gasteiger partial charge in [-0.25, -0.2) is 0 Å². The summed E-state index contributed by atoms with van der Waals surface area (Å²) in [6, 6.07) is 8.35. The molecule has 0 radical (unpaired) electrons. The van der Waals surface area contributed by atoms with E-state index in [1.807, 2.05) is 6.07 Å². The van der Waals surface area contributed by atoms with Gasteiger partial charge < -0.3 is 10.5 Å². The lowest BCUT2D eigenvalue weighted by molar-refractivity contribution is 0.112. The van der Waals surface area contributed by atoms with Crippen molar-refractivity contribution in [3.05, 3.63) is 35.4 Å². The zero-order chi connectivity index (χ0) is 10.7. The number of hydrogen-bond acceptors (Lipinski definition) is 2. The van der Waals surface area contributed by atoms with Crippen molar-refractivity contribution >= 4 is 0 Å². The molecule has 0 amide bonds. The first-order chi connectivity index (χ1) is 7.25. The third-order valence-electron chi connectivity index (χ3n) is 2.82. The fraction of sp³-hybridized carbons (Fsp3) is 0.538. The van der Waals surface area contributed by atoms with Crippen LogP contribution in [0.2, 0.25) is 0 Å². The predicted molar refractivity (Wildman–Crippen MR) is 61.7 cm³/mol. The Morgan fingerprint density at radius 2 is 2.27 bits per heavy atom. The molecule has 1 aliphatic carbocycles. The average molecular weight is 205 g/mol. The number of ether oxygens (including phenoxy) is 1. The molecule has 0 aromatic heterocycles. The minimum atomic E-state index is 0.0173. The average Bonchev–Trinajstić information content (AvgIpc) is 3.01. The van der Waals surface area contributed by atoms with Crippen molar-refractivity contribution in [2.75, 3.05) is 13.2 Å². The highest BCUT2D eigenvalue weighted by molar-refractivity contribution is 5.24. The number of hydrogen-bond donors (Lipinski definition) is 1.